The lowest BCUT2D eigenvalue weighted by Gasteiger charge is -2.38. The number of nitrogens with zero attached hydrogens (tertiary/aromatic N) is 1. The van der Waals surface area contributed by atoms with Crippen molar-refractivity contribution in [2.45, 2.75) is 59.1 Å². The Kier molecular flexibility index (Phi) is 4.17. The third-order valence-corrected chi connectivity index (χ3v) is 3.14. The van der Waals surface area contributed by atoms with Gasteiger partial charge < -0.3 is 9.64 Å². The van der Waals surface area contributed by atoms with Gasteiger partial charge in [0.15, 0.2) is 0 Å². The number of rotatable bonds is 1. The molecule has 1 heterocycles. The molecular formula is C13H23NO3. The van der Waals surface area contributed by atoms with Crippen molar-refractivity contribution >= 4 is 11.9 Å². The van der Waals surface area contributed by atoms with E-state index >= 15 is 0 Å². The van der Waals surface area contributed by atoms with Crippen LogP contribution in [0.2, 0.25) is 0 Å². The molecule has 4 heteroatoms. The van der Waals surface area contributed by atoms with Gasteiger partial charge in [0.05, 0.1) is 0 Å². The molecular weight excluding hydrogens is 218 g/mol. The zero-order valence-corrected chi connectivity index (χ0v) is 11.4. The predicted molar refractivity (Wildman–Crippen MR) is 65.8 cm³/mol. The van der Waals surface area contributed by atoms with Crippen molar-refractivity contribution in [3.8, 4) is 0 Å². The Morgan fingerprint density at radius 2 is 1.88 bits per heavy atom. The third-order valence-electron chi connectivity index (χ3n) is 3.14. The van der Waals surface area contributed by atoms with Crippen LogP contribution in [0, 0.1) is 5.92 Å². The van der Waals surface area contributed by atoms with Gasteiger partial charge in [-0.15, -0.1) is 0 Å². The molecule has 2 atom stereocenters. The minimum absolute atomic E-state index is 0.0451. The standard InChI is InChI=1S/C13H23NO3/c1-9-11(10(2)15)7-6-8-14(9)12(16)17-13(3,4)5/h9,11H,6-8H2,1-5H3/t9-,11-/m1/s1. The van der Waals surface area contributed by atoms with Gasteiger partial charge in [0.25, 0.3) is 0 Å². The molecule has 1 rings (SSSR count). The molecule has 1 aliphatic rings. The molecule has 0 aliphatic carbocycles. The first-order valence-electron chi connectivity index (χ1n) is 6.22. The molecule has 1 saturated heterocycles. The van der Waals surface area contributed by atoms with Gasteiger partial charge in [-0.25, -0.2) is 4.79 Å². The zero-order valence-electron chi connectivity index (χ0n) is 11.4. The maximum absolute atomic E-state index is 12.0. The maximum Gasteiger partial charge on any atom is 0.410 e. The van der Waals surface area contributed by atoms with E-state index in [9.17, 15) is 9.59 Å². The number of Topliss-reactive ketones (excluding diaryl/α,β-unsaturated/α-hetero) is 1. The van der Waals surface area contributed by atoms with Gasteiger partial charge in [-0.1, -0.05) is 0 Å². The zero-order chi connectivity index (χ0) is 13.2. The molecule has 4 nitrogen and oxygen atoms in total. The van der Waals surface area contributed by atoms with Crippen molar-refractivity contribution in [3.63, 3.8) is 0 Å². The Labute approximate surface area is 103 Å². The summed E-state index contributed by atoms with van der Waals surface area (Å²) in [5.74, 6) is 0.113. The Bertz CT molecular complexity index is 306. The van der Waals surface area contributed by atoms with Crippen LogP contribution < -0.4 is 0 Å². The number of ether oxygens (including phenoxy) is 1. The van der Waals surface area contributed by atoms with Crippen molar-refractivity contribution in [3.05, 3.63) is 0 Å². The van der Waals surface area contributed by atoms with Crippen LogP contribution in [-0.4, -0.2) is 35.0 Å². The highest BCUT2D eigenvalue weighted by Crippen LogP contribution is 2.25. The lowest BCUT2D eigenvalue weighted by atomic mass is 9.87. The summed E-state index contributed by atoms with van der Waals surface area (Å²) >= 11 is 0. The highest BCUT2D eigenvalue weighted by Gasteiger charge is 2.35. The van der Waals surface area contributed by atoms with E-state index in [0.29, 0.717) is 6.54 Å². The number of amides is 1. The largest absolute Gasteiger partial charge is 0.444 e. The van der Waals surface area contributed by atoms with E-state index < -0.39 is 5.60 Å². The van der Waals surface area contributed by atoms with E-state index in [-0.39, 0.29) is 23.8 Å². The second-order valence-electron chi connectivity index (χ2n) is 5.77. The van der Waals surface area contributed by atoms with Crippen LogP contribution in [0.15, 0.2) is 0 Å². The van der Waals surface area contributed by atoms with Crippen LogP contribution in [0.1, 0.15) is 47.5 Å². The SMILES string of the molecule is CC(=O)[C@@H]1CCCN(C(=O)OC(C)(C)C)[C@@H]1C. The number of carbonyl (C=O) groups is 2. The normalized spacial score (nSPS) is 25.6. The summed E-state index contributed by atoms with van der Waals surface area (Å²) in [6.07, 6.45) is 1.43. The summed E-state index contributed by atoms with van der Waals surface area (Å²) in [5, 5.41) is 0. The summed E-state index contributed by atoms with van der Waals surface area (Å²) in [6, 6.07) is -0.0592. The Balaban J connectivity index is 2.70. The van der Waals surface area contributed by atoms with Crippen LogP contribution in [0.25, 0.3) is 0 Å². The number of likely N-dealkylation sites (tertiary alicyclic amines) is 1. The molecule has 0 aromatic rings. The Hall–Kier alpha value is -1.06. The lowest BCUT2D eigenvalue weighted by Crippen LogP contribution is -2.50. The van der Waals surface area contributed by atoms with Crippen molar-refractivity contribution in [1.82, 2.24) is 4.90 Å². The highest BCUT2D eigenvalue weighted by molar-refractivity contribution is 5.80. The molecule has 0 spiro atoms. The van der Waals surface area contributed by atoms with Crippen LogP contribution >= 0.6 is 0 Å². The average molecular weight is 241 g/mol. The third kappa shape index (κ3) is 3.72. The molecule has 0 radical (unpaired) electrons. The first-order valence-corrected chi connectivity index (χ1v) is 6.22. The minimum atomic E-state index is -0.486. The van der Waals surface area contributed by atoms with Crippen LogP contribution in [0.5, 0.6) is 0 Å². The second-order valence-corrected chi connectivity index (χ2v) is 5.77. The van der Waals surface area contributed by atoms with E-state index in [4.69, 9.17) is 4.74 Å². The molecule has 1 fully saturated rings. The van der Waals surface area contributed by atoms with Crippen LogP contribution in [-0.2, 0) is 9.53 Å². The van der Waals surface area contributed by atoms with E-state index in [1.165, 1.54) is 0 Å². The van der Waals surface area contributed by atoms with Crippen molar-refractivity contribution in [1.29, 1.82) is 0 Å². The summed E-state index contributed by atoms with van der Waals surface area (Å²) in [4.78, 5) is 25.1. The van der Waals surface area contributed by atoms with E-state index in [2.05, 4.69) is 0 Å². The van der Waals surface area contributed by atoms with E-state index in [0.717, 1.165) is 12.8 Å². The molecule has 0 unspecified atom stereocenters. The molecule has 17 heavy (non-hydrogen) atoms. The molecule has 0 aromatic carbocycles. The molecule has 0 aromatic heterocycles. The number of carbonyl (C=O) groups excluding carboxylic acids is 2. The average Bonchev–Trinajstić information content (AvgIpc) is 2.14. The molecule has 1 aliphatic heterocycles. The summed E-state index contributed by atoms with van der Waals surface area (Å²) in [7, 11) is 0. The summed E-state index contributed by atoms with van der Waals surface area (Å²) < 4.78 is 5.35. The van der Waals surface area contributed by atoms with Crippen molar-refractivity contribution in [2.24, 2.45) is 5.92 Å². The molecule has 0 N–H and O–H groups in total. The predicted octanol–water partition coefficient (Wildman–Crippen LogP) is 2.61. The quantitative estimate of drug-likeness (QED) is 0.709. The first-order chi connectivity index (χ1) is 7.72. The molecule has 98 valence electrons. The van der Waals surface area contributed by atoms with Crippen LogP contribution in [0.4, 0.5) is 4.79 Å². The summed E-state index contributed by atoms with van der Waals surface area (Å²) in [5.41, 5.74) is -0.486. The first kappa shape index (κ1) is 14.0. The van der Waals surface area contributed by atoms with Gasteiger partial charge >= 0.3 is 6.09 Å². The highest BCUT2D eigenvalue weighted by atomic mass is 16.6. The molecule has 0 bridgehead atoms. The maximum atomic E-state index is 12.0. The van der Waals surface area contributed by atoms with Crippen molar-refractivity contribution < 1.29 is 14.3 Å². The molecule has 1 amide bonds. The summed E-state index contributed by atoms with van der Waals surface area (Å²) in [6.45, 7) is 9.75. The lowest BCUT2D eigenvalue weighted by molar-refractivity contribution is -0.123. The van der Waals surface area contributed by atoms with Gasteiger partial charge in [0, 0.05) is 18.5 Å². The number of hydrogen-bond donors (Lipinski definition) is 0. The van der Waals surface area contributed by atoms with Crippen molar-refractivity contribution in [2.75, 3.05) is 6.54 Å². The Morgan fingerprint density at radius 1 is 1.29 bits per heavy atom. The fourth-order valence-corrected chi connectivity index (χ4v) is 2.26. The van der Waals surface area contributed by atoms with Gasteiger partial charge in [0.1, 0.15) is 11.4 Å². The number of ketones is 1. The van der Waals surface area contributed by atoms with E-state index in [1.807, 2.05) is 27.7 Å². The van der Waals surface area contributed by atoms with Gasteiger partial charge in [-0.2, -0.15) is 0 Å². The fraction of sp³-hybridized carbons (Fsp3) is 0.846. The topological polar surface area (TPSA) is 46.6 Å². The Morgan fingerprint density at radius 3 is 2.35 bits per heavy atom. The van der Waals surface area contributed by atoms with Crippen LogP contribution in [0.3, 0.4) is 0 Å². The molecule has 0 saturated carbocycles. The smallest absolute Gasteiger partial charge is 0.410 e. The van der Waals surface area contributed by atoms with E-state index in [1.54, 1.807) is 11.8 Å². The minimum Gasteiger partial charge on any atom is -0.444 e. The number of hydrogen-bond acceptors (Lipinski definition) is 3. The van der Waals surface area contributed by atoms with Gasteiger partial charge in [-0.05, 0) is 47.5 Å². The van der Waals surface area contributed by atoms with Gasteiger partial charge in [0.2, 0.25) is 0 Å². The fourth-order valence-electron chi connectivity index (χ4n) is 2.26. The second kappa shape index (κ2) is 5.07. The van der Waals surface area contributed by atoms with Gasteiger partial charge in [-0.3, -0.25) is 4.79 Å². The monoisotopic (exact) mass is 241 g/mol. The number of piperidine rings is 1.